The second-order valence-corrected chi connectivity index (χ2v) is 7.70. The van der Waals surface area contributed by atoms with Gasteiger partial charge in [-0.15, -0.1) is 22.7 Å². The van der Waals surface area contributed by atoms with E-state index in [1.165, 1.54) is 31.0 Å². The first-order valence-corrected chi connectivity index (χ1v) is 8.55. The third-order valence-electron chi connectivity index (χ3n) is 3.41. The van der Waals surface area contributed by atoms with E-state index in [-0.39, 0.29) is 6.04 Å². The smallest absolute Gasteiger partial charge is 0.0660 e. The molecule has 1 unspecified atom stereocenters. The lowest BCUT2D eigenvalue weighted by Gasteiger charge is -2.08. The van der Waals surface area contributed by atoms with Crippen LogP contribution in [0.4, 0.5) is 0 Å². The standard InChI is InChI=1S/C15H14BrNS2/c1-8-6-13(19-9(8)2)14(17)11-7-18-15-10(11)4-3-5-12(15)16/h3-7,14H,17H2,1-2H3. The van der Waals surface area contributed by atoms with Crippen molar-refractivity contribution in [1.29, 1.82) is 0 Å². The monoisotopic (exact) mass is 351 g/mol. The Bertz CT molecular complexity index is 722. The van der Waals surface area contributed by atoms with Gasteiger partial charge in [0.25, 0.3) is 0 Å². The number of fused-ring (bicyclic) bond motifs is 1. The molecule has 0 spiro atoms. The number of hydrogen-bond acceptors (Lipinski definition) is 3. The lowest BCUT2D eigenvalue weighted by Crippen LogP contribution is -2.09. The summed E-state index contributed by atoms with van der Waals surface area (Å²) < 4.78 is 2.42. The Kier molecular flexibility index (Phi) is 3.52. The highest BCUT2D eigenvalue weighted by atomic mass is 79.9. The summed E-state index contributed by atoms with van der Waals surface area (Å²) >= 11 is 7.16. The van der Waals surface area contributed by atoms with Crippen LogP contribution in [0.15, 0.2) is 34.1 Å². The Labute approximate surface area is 129 Å². The van der Waals surface area contributed by atoms with Gasteiger partial charge in [-0.2, -0.15) is 0 Å². The van der Waals surface area contributed by atoms with Crippen molar-refractivity contribution in [3.8, 4) is 0 Å². The molecule has 0 aliphatic heterocycles. The summed E-state index contributed by atoms with van der Waals surface area (Å²) in [6.45, 7) is 4.29. The Hall–Kier alpha value is -0.680. The molecule has 1 atom stereocenters. The number of nitrogens with two attached hydrogens (primary N) is 1. The Morgan fingerprint density at radius 1 is 1.26 bits per heavy atom. The van der Waals surface area contributed by atoms with E-state index in [2.05, 4.69) is 59.4 Å². The molecular weight excluding hydrogens is 338 g/mol. The molecule has 3 aromatic rings. The van der Waals surface area contributed by atoms with Crippen LogP contribution in [0.1, 0.15) is 26.9 Å². The Morgan fingerprint density at radius 3 is 2.74 bits per heavy atom. The van der Waals surface area contributed by atoms with E-state index in [0.29, 0.717) is 0 Å². The molecule has 0 aliphatic rings. The van der Waals surface area contributed by atoms with Crippen LogP contribution >= 0.6 is 38.6 Å². The topological polar surface area (TPSA) is 26.0 Å². The van der Waals surface area contributed by atoms with E-state index in [1.54, 1.807) is 22.7 Å². The van der Waals surface area contributed by atoms with Crippen molar-refractivity contribution in [1.82, 2.24) is 0 Å². The molecule has 2 N–H and O–H groups in total. The highest BCUT2D eigenvalue weighted by molar-refractivity contribution is 9.10. The van der Waals surface area contributed by atoms with Gasteiger partial charge >= 0.3 is 0 Å². The minimum absolute atomic E-state index is 0.0274. The summed E-state index contributed by atoms with van der Waals surface area (Å²) in [4.78, 5) is 2.60. The van der Waals surface area contributed by atoms with Crippen LogP contribution in [0.2, 0.25) is 0 Å². The molecule has 0 aliphatic carbocycles. The molecule has 0 fully saturated rings. The first kappa shape index (κ1) is 13.3. The molecule has 0 amide bonds. The Morgan fingerprint density at radius 2 is 2.05 bits per heavy atom. The summed E-state index contributed by atoms with van der Waals surface area (Å²) in [5.74, 6) is 0. The predicted molar refractivity (Wildman–Crippen MR) is 89.3 cm³/mol. The first-order chi connectivity index (χ1) is 9.08. The van der Waals surface area contributed by atoms with Crippen LogP contribution in [-0.4, -0.2) is 0 Å². The lowest BCUT2D eigenvalue weighted by molar-refractivity contribution is 0.907. The summed E-state index contributed by atoms with van der Waals surface area (Å²) in [5, 5.41) is 3.44. The van der Waals surface area contributed by atoms with Crippen LogP contribution in [0, 0.1) is 13.8 Å². The summed E-state index contributed by atoms with van der Waals surface area (Å²) in [6.07, 6.45) is 0. The molecule has 98 valence electrons. The van der Waals surface area contributed by atoms with Crippen molar-refractivity contribution in [3.05, 3.63) is 55.0 Å². The van der Waals surface area contributed by atoms with Crippen molar-refractivity contribution in [2.75, 3.05) is 0 Å². The quantitative estimate of drug-likeness (QED) is 0.657. The summed E-state index contributed by atoms with van der Waals surface area (Å²) in [5.41, 5.74) is 9.02. The lowest BCUT2D eigenvalue weighted by atomic mass is 10.0. The predicted octanol–water partition coefficient (Wildman–Crippen LogP) is 5.39. The molecule has 0 saturated heterocycles. The van der Waals surface area contributed by atoms with E-state index in [0.717, 1.165) is 4.47 Å². The number of aryl methyl sites for hydroxylation is 2. The van der Waals surface area contributed by atoms with Crippen LogP contribution in [0.25, 0.3) is 10.1 Å². The normalized spacial score (nSPS) is 13.1. The van der Waals surface area contributed by atoms with Crippen LogP contribution in [0.5, 0.6) is 0 Å². The van der Waals surface area contributed by atoms with E-state index in [4.69, 9.17) is 5.73 Å². The molecule has 19 heavy (non-hydrogen) atoms. The van der Waals surface area contributed by atoms with Crippen molar-refractivity contribution in [3.63, 3.8) is 0 Å². The fourth-order valence-electron chi connectivity index (χ4n) is 2.19. The number of halogens is 1. The maximum absolute atomic E-state index is 6.46. The van der Waals surface area contributed by atoms with Gasteiger partial charge in [0.15, 0.2) is 0 Å². The van der Waals surface area contributed by atoms with Crippen molar-refractivity contribution in [2.45, 2.75) is 19.9 Å². The molecule has 1 nitrogen and oxygen atoms in total. The van der Waals surface area contributed by atoms with Crippen LogP contribution in [0.3, 0.4) is 0 Å². The molecule has 1 aromatic carbocycles. The van der Waals surface area contributed by atoms with Crippen LogP contribution in [-0.2, 0) is 0 Å². The van der Waals surface area contributed by atoms with Gasteiger partial charge in [-0.25, -0.2) is 0 Å². The zero-order valence-corrected chi connectivity index (χ0v) is 14.0. The SMILES string of the molecule is Cc1cc(C(N)c2csc3c(Br)cccc23)sc1C. The van der Waals surface area contributed by atoms with Gasteiger partial charge in [-0.1, -0.05) is 12.1 Å². The molecule has 3 rings (SSSR count). The highest BCUT2D eigenvalue weighted by Crippen LogP contribution is 2.38. The molecule has 0 saturated carbocycles. The summed E-state index contributed by atoms with van der Waals surface area (Å²) in [7, 11) is 0. The molecule has 4 heteroatoms. The van der Waals surface area contributed by atoms with E-state index in [9.17, 15) is 0 Å². The fraction of sp³-hybridized carbons (Fsp3) is 0.200. The van der Waals surface area contributed by atoms with E-state index < -0.39 is 0 Å². The highest BCUT2D eigenvalue weighted by Gasteiger charge is 2.17. The second kappa shape index (κ2) is 5.02. The number of thiophene rings is 2. The van der Waals surface area contributed by atoms with Gasteiger partial charge in [-0.3, -0.25) is 0 Å². The molecule has 0 radical (unpaired) electrons. The largest absolute Gasteiger partial charge is 0.320 e. The second-order valence-electron chi connectivity index (χ2n) is 4.67. The minimum atomic E-state index is -0.0274. The summed E-state index contributed by atoms with van der Waals surface area (Å²) in [6, 6.07) is 8.49. The van der Waals surface area contributed by atoms with Gasteiger partial charge in [0.1, 0.15) is 0 Å². The number of hydrogen-bond donors (Lipinski definition) is 1. The van der Waals surface area contributed by atoms with Gasteiger partial charge in [0.2, 0.25) is 0 Å². The van der Waals surface area contributed by atoms with Gasteiger partial charge in [0.05, 0.1) is 6.04 Å². The van der Waals surface area contributed by atoms with Gasteiger partial charge in [-0.05, 0) is 63.8 Å². The van der Waals surface area contributed by atoms with Crippen molar-refractivity contribution >= 4 is 48.7 Å². The maximum atomic E-state index is 6.46. The van der Waals surface area contributed by atoms with E-state index >= 15 is 0 Å². The first-order valence-electron chi connectivity index (χ1n) is 6.06. The fourth-order valence-corrected chi connectivity index (χ4v) is 4.91. The number of rotatable bonds is 2. The average Bonchev–Trinajstić information content (AvgIpc) is 2.94. The van der Waals surface area contributed by atoms with Crippen molar-refractivity contribution < 1.29 is 0 Å². The zero-order chi connectivity index (χ0) is 13.6. The zero-order valence-electron chi connectivity index (χ0n) is 10.7. The molecule has 2 aromatic heterocycles. The number of benzene rings is 1. The average molecular weight is 352 g/mol. The Balaban J connectivity index is 2.11. The minimum Gasteiger partial charge on any atom is -0.320 e. The van der Waals surface area contributed by atoms with Gasteiger partial charge in [0, 0.05) is 18.9 Å². The molecular formula is C15H14BrNS2. The van der Waals surface area contributed by atoms with Gasteiger partial charge < -0.3 is 5.73 Å². The molecule has 0 bridgehead atoms. The third-order valence-corrected chi connectivity index (χ3v) is 6.61. The third kappa shape index (κ3) is 2.27. The van der Waals surface area contributed by atoms with Crippen LogP contribution < -0.4 is 5.73 Å². The van der Waals surface area contributed by atoms with E-state index in [1.807, 2.05) is 0 Å². The van der Waals surface area contributed by atoms with Crippen molar-refractivity contribution in [2.24, 2.45) is 5.73 Å². The maximum Gasteiger partial charge on any atom is 0.0660 e. The molecule has 2 heterocycles.